The molecule has 2 aromatic heterocycles. The van der Waals surface area contributed by atoms with E-state index in [9.17, 15) is 17.2 Å². The largest absolute Gasteiger partial charge is 0.321 e. The summed E-state index contributed by atoms with van der Waals surface area (Å²) >= 11 is 0. The zero-order valence-electron chi connectivity index (χ0n) is 15.4. The minimum absolute atomic E-state index is 0.0426. The predicted molar refractivity (Wildman–Crippen MR) is 100.0 cm³/mol. The molecule has 3 aromatic rings. The molecule has 1 N–H and O–H groups in total. The first-order valence-electron chi connectivity index (χ1n) is 8.99. The molecule has 1 unspecified atom stereocenters. The highest BCUT2D eigenvalue weighted by Crippen LogP contribution is 2.41. The summed E-state index contributed by atoms with van der Waals surface area (Å²) < 4.78 is 55.5. The van der Waals surface area contributed by atoms with Crippen molar-refractivity contribution in [3.8, 4) is 11.4 Å². The van der Waals surface area contributed by atoms with Gasteiger partial charge < -0.3 is 4.57 Å². The van der Waals surface area contributed by atoms with Gasteiger partial charge in [-0.2, -0.15) is 10.2 Å². The number of imidazole rings is 1. The fraction of sp³-hybridized carbons (Fsp3) is 0.389. The molecule has 7 nitrogen and oxygen atoms in total. The van der Waals surface area contributed by atoms with Gasteiger partial charge in [0.05, 0.1) is 34.7 Å². The topological polar surface area (TPSA) is 89.8 Å². The molecule has 0 bridgehead atoms. The standard InChI is InChI=1S/C18H19F2N5O2S/c1-3-28(26,27)24-10(2)15-6-11(9-21-23-15)18-22-16-7-13(19)14(20)8-17(16)25(18)12-4-5-12/h6-10,12,24H,3-5H2,1-2H3. The molecule has 28 heavy (non-hydrogen) atoms. The Labute approximate surface area is 160 Å². The molecule has 1 atom stereocenters. The fourth-order valence-corrected chi connectivity index (χ4v) is 3.95. The SMILES string of the molecule is CCS(=O)(=O)NC(C)c1cc(-c2nc3cc(F)c(F)cc3n2C2CC2)cnn1. The van der Waals surface area contributed by atoms with Gasteiger partial charge in [-0.1, -0.05) is 0 Å². The average molecular weight is 407 g/mol. The molecule has 1 aromatic carbocycles. The Morgan fingerprint density at radius 3 is 2.64 bits per heavy atom. The first-order chi connectivity index (χ1) is 13.3. The van der Waals surface area contributed by atoms with Gasteiger partial charge in [0.1, 0.15) is 5.82 Å². The van der Waals surface area contributed by atoms with E-state index in [1.165, 1.54) is 6.20 Å². The van der Waals surface area contributed by atoms with Crippen LogP contribution in [-0.4, -0.2) is 33.9 Å². The maximum atomic E-state index is 13.8. The summed E-state index contributed by atoms with van der Waals surface area (Å²) in [7, 11) is -3.41. The average Bonchev–Trinajstić information content (AvgIpc) is 3.44. The third kappa shape index (κ3) is 3.49. The molecule has 1 fully saturated rings. The molecule has 0 amide bonds. The lowest BCUT2D eigenvalue weighted by Crippen LogP contribution is -2.28. The highest BCUT2D eigenvalue weighted by Gasteiger charge is 2.30. The van der Waals surface area contributed by atoms with Gasteiger partial charge in [0.2, 0.25) is 10.0 Å². The normalized spacial score (nSPS) is 15.9. The van der Waals surface area contributed by atoms with E-state index in [2.05, 4.69) is 19.9 Å². The molecule has 1 aliphatic carbocycles. The molecule has 1 saturated carbocycles. The highest BCUT2D eigenvalue weighted by molar-refractivity contribution is 7.89. The summed E-state index contributed by atoms with van der Waals surface area (Å²) in [5, 5.41) is 8.00. The minimum Gasteiger partial charge on any atom is -0.321 e. The highest BCUT2D eigenvalue weighted by atomic mass is 32.2. The Balaban J connectivity index is 1.79. The van der Waals surface area contributed by atoms with E-state index in [-0.39, 0.29) is 11.8 Å². The number of fused-ring (bicyclic) bond motifs is 1. The second-order valence-electron chi connectivity index (χ2n) is 6.90. The van der Waals surface area contributed by atoms with Gasteiger partial charge >= 0.3 is 0 Å². The van der Waals surface area contributed by atoms with Crippen LogP contribution >= 0.6 is 0 Å². The lowest BCUT2D eigenvalue weighted by Gasteiger charge is -2.13. The zero-order valence-corrected chi connectivity index (χ0v) is 16.2. The summed E-state index contributed by atoms with van der Waals surface area (Å²) in [6.07, 6.45) is 3.36. The van der Waals surface area contributed by atoms with Gasteiger partial charge in [-0.25, -0.2) is 26.9 Å². The van der Waals surface area contributed by atoms with Crippen LogP contribution in [0.1, 0.15) is 44.5 Å². The Hall–Kier alpha value is -2.46. The number of hydrogen-bond donors (Lipinski definition) is 1. The second kappa shape index (κ2) is 6.85. The molecule has 4 rings (SSSR count). The molecule has 2 heterocycles. The number of sulfonamides is 1. The Morgan fingerprint density at radius 2 is 1.96 bits per heavy atom. The molecule has 1 aliphatic rings. The van der Waals surface area contributed by atoms with E-state index < -0.39 is 27.7 Å². The molecule has 148 valence electrons. The summed E-state index contributed by atoms with van der Waals surface area (Å²) in [4.78, 5) is 4.49. The van der Waals surface area contributed by atoms with Gasteiger partial charge in [0.25, 0.3) is 0 Å². The first-order valence-corrected chi connectivity index (χ1v) is 10.6. The van der Waals surface area contributed by atoms with Crippen molar-refractivity contribution in [1.29, 1.82) is 0 Å². The molecule has 0 spiro atoms. The van der Waals surface area contributed by atoms with Crippen molar-refractivity contribution in [2.45, 2.75) is 38.8 Å². The predicted octanol–water partition coefficient (Wildman–Crippen LogP) is 3.11. The number of rotatable bonds is 6. The van der Waals surface area contributed by atoms with E-state index >= 15 is 0 Å². The molecular formula is C18H19F2N5O2S. The number of aromatic nitrogens is 4. The van der Waals surface area contributed by atoms with Crippen LogP contribution in [0.4, 0.5) is 8.78 Å². The summed E-state index contributed by atoms with van der Waals surface area (Å²) in [5.41, 5.74) is 1.92. The van der Waals surface area contributed by atoms with Crippen LogP contribution in [0.5, 0.6) is 0 Å². The van der Waals surface area contributed by atoms with Gasteiger partial charge in [0.15, 0.2) is 11.6 Å². The van der Waals surface area contributed by atoms with E-state index in [1.54, 1.807) is 19.9 Å². The maximum Gasteiger partial charge on any atom is 0.211 e. The number of nitrogens with one attached hydrogen (secondary N) is 1. The lowest BCUT2D eigenvalue weighted by molar-refractivity contribution is 0.510. The zero-order chi connectivity index (χ0) is 20.1. The van der Waals surface area contributed by atoms with Gasteiger partial charge in [-0.15, -0.1) is 0 Å². The van der Waals surface area contributed by atoms with Crippen molar-refractivity contribution >= 4 is 21.1 Å². The smallest absolute Gasteiger partial charge is 0.211 e. The van der Waals surface area contributed by atoms with Crippen LogP contribution in [0.25, 0.3) is 22.4 Å². The third-order valence-electron chi connectivity index (χ3n) is 4.76. The lowest BCUT2D eigenvalue weighted by atomic mass is 10.2. The summed E-state index contributed by atoms with van der Waals surface area (Å²) in [6, 6.07) is 3.53. The third-order valence-corrected chi connectivity index (χ3v) is 6.23. The number of hydrogen-bond acceptors (Lipinski definition) is 5. The summed E-state index contributed by atoms with van der Waals surface area (Å²) in [5.74, 6) is -1.38. The minimum atomic E-state index is -3.41. The van der Waals surface area contributed by atoms with Gasteiger partial charge in [0, 0.05) is 23.7 Å². The monoisotopic (exact) mass is 407 g/mol. The van der Waals surface area contributed by atoms with E-state index in [4.69, 9.17) is 0 Å². The Morgan fingerprint density at radius 1 is 1.25 bits per heavy atom. The van der Waals surface area contributed by atoms with E-state index in [1.807, 2.05) is 4.57 Å². The van der Waals surface area contributed by atoms with Gasteiger partial charge in [-0.05, 0) is 32.8 Å². The van der Waals surface area contributed by atoms with Crippen molar-refractivity contribution in [3.05, 3.63) is 41.7 Å². The maximum absolute atomic E-state index is 13.8. The van der Waals surface area contributed by atoms with Crippen LogP contribution in [0, 0.1) is 11.6 Å². The fourth-order valence-electron chi connectivity index (χ4n) is 3.13. The Kier molecular flexibility index (Phi) is 4.62. The number of nitrogens with zero attached hydrogens (tertiary/aromatic N) is 4. The van der Waals surface area contributed by atoms with Crippen molar-refractivity contribution in [2.24, 2.45) is 0 Å². The van der Waals surface area contributed by atoms with E-state index in [0.29, 0.717) is 28.1 Å². The molecular weight excluding hydrogens is 388 g/mol. The van der Waals surface area contributed by atoms with Crippen LogP contribution < -0.4 is 4.72 Å². The molecule has 0 saturated heterocycles. The van der Waals surface area contributed by atoms with Crippen molar-refractivity contribution < 1.29 is 17.2 Å². The Bertz CT molecular complexity index is 1160. The number of halogens is 2. The van der Waals surface area contributed by atoms with Crippen LogP contribution in [0.15, 0.2) is 24.4 Å². The van der Waals surface area contributed by atoms with E-state index in [0.717, 1.165) is 25.0 Å². The molecule has 10 heteroatoms. The second-order valence-corrected chi connectivity index (χ2v) is 8.95. The van der Waals surface area contributed by atoms with Crippen LogP contribution in [-0.2, 0) is 10.0 Å². The molecule has 0 radical (unpaired) electrons. The van der Waals surface area contributed by atoms with Crippen molar-refractivity contribution in [1.82, 2.24) is 24.5 Å². The van der Waals surface area contributed by atoms with Gasteiger partial charge in [-0.3, -0.25) is 0 Å². The number of benzene rings is 1. The quantitative estimate of drug-likeness (QED) is 0.678. The first kappa shape index (κ1) is 18.9. The summed E-state index contributed by atoms with van der Waals surface area (Å²) in [6.45, 7) is 3.23. The van der Waals surface area contributed by atoms with Crippen molar-refractivity contribution in [2.75, 3.05) is 5.75 Å². The van der Waals surface area contributed by atoms with Crippen molar-refractivity contribution in [3.63, 3.8) is 0 Å². The molecule has 0 aliphatic heterocycles. The van der Waals surface area contributed by atoms with Crippen LogP contribution in [0.3, 0.4) is 0 Å². The van der Waals surface area contributed by atoms with Crippen LogP contribution in [0.2, 0.25) is 0 Å².